The zero-order valence-electron chi connectivity index (χ0n) is 11.8. The Morgan fingerprint density at radius 2 is 2.25 bits per heavy atom. The number of aliphatic hydroxyl groups excluding tert-OH is 1. The Bertz CT molecular complexity index is 544. The molecule has 2 rings (SSSR count). The molecule has 0 aliphatic carbocycles. The fourth-order valence-corrected chi connectivity index (χ4v) is 5.16. The normalized spacial score (nSPS) is 24.9. The number of aromatic nitrogens is 2. The van der Waals surface area contributed by atoms with E-state index < -0.39 is 10.0 Å². The molecule has 1 aromatic rings. The van der Waals surface area contributed by atoms with Crippen molar-refractivity contribution in [1.29, 1.82) is 0 Å². The minimum absolute atomic E-state index is 0.0143. The van der Waals surface area contributed by atoms with E-state index in [9.17, 15) is 8.42 Å². The maximum absolute atomic E-state index is 12.6. The second kappa shape index (κ2) is 6.46. The molecule has 0 radical (unpaired) electrons. The van der Waals surface area contributed by atoms with E-state index in [0.717, 1.165) is 5.75 Å². The maximum atomic E-state index is 12.6. The standard InChI is InChI=1S/C12H21N3O3S2/c1-10-11(2)19-7-5-15(10)20(17,18)12-8-13-14(9-12)4-3-6-16/h8-11,16H,3-7H2,1-2H3. The summed E-state index contributed by atoms with van der Waals surface area (Å²) in [5, 5.41) is 13.1. The molecule has 6 nitrogen and oxygen atoms in total. The van der Waals surface area contributed by atoms with Gasteiger partial charge in [-0.25, -0.2) is 8.42 Å². The first-order chi connectivity index (χ1) is 9.46. The fourth-order valence-electron chi connectivity index (χ4n) is 2.21. The van der Waals surface area contributed by atoms with Crippen molar-refractivity contribution in [3.63, 3.8) is 0 Å². The van der Waals surface area contributed by atoms with Crippen molar-refractivity contribution in [2.45, 2.75) is 43.0 Å². The van der Waals surface area contributed by atoms with Crippen molar-refractivity contribution in [2.75, 3.05) is 18.9 Å². The lowest BCUT2D eigenvalue weighted by Gasteiger charge is -2.36. The van der Waals surface area contributed by atoms with Crippen molar-refractivity contribution < 1.29 is 13.5 Å². The average molecular weight is 319 g/mol. The zero-order valence-corrected chi connectivity index (χ0v) is 13.4. The molecule has 8 heteroatoms. The number of hydrogen-bond acceptors (Lipinski definition) is 5. The van der Waals surface area contributed by atoms with E-state index in [1.807, 2.05) is 6.92 Å². The van der Waals surface area contributed by atoms with Gasteiger partial charge >= 0.3 is 0 Å². The molecule has 0 amide bonds. The van der Waals surface area contributed by atoms with Gasteiger partial charge in [0.15, 0.2) is 0 Å². The second-order valence-corrected chi connectivity index (χ2v) is 8.32. The van der Waals surface area contributed by atoms with Gasteiger partial charge in [-0.05, 0) is 13.3 Å². The summed E-state index contributed by atoms with van der Waals surface area (Å²) in [6, 6.07) is -0.0143. The van der Waals surface area contributed by atoms with Gasteiger partial charge in [-0.3, -0.25) is 4.68 Å². The zero-order chi connectivity index (χ0) is 14.8. The van der Waals surface area contributed by atoms with Gasteiger partial charge in [0.25, 0.3) is 0 Å². The van der Waals surface area contributed by atoms with E-state index in [4.69, 9.17) is 5.11 Å². The van der Waals surface area contributed by atoms with E-state index in [1.165, 1.54) is 6.20 Å². The third-order valence-corrected chi connectivity index (χ3v) is 6.86. The van der Waals surface area contributed by atoms with Crippen LogP contribution in [0.3, 0.4) is 0 Å². The van der Waals surface area contributed by atoms with Crippen molar-refractivity contribution in [3.8, 4) is 0 Å². The average Bonchev–Trinajstić information content (AvgIpc) is 2.89. The largest absolute Gasteiger partial charge is 0.396 e. The molecule has 2 heterocycles. The van der Waals surface area contributed by atoms with E-state index in [0.29, 0.717) is 24.8 Å². The molecular formula is C12H21N3O3S2. The van der Waals surface area contributed by atoms with Crippen LogP contribution >= 0.6 is 11.8 Å². The van der Waals surface area contributed by atoms with Crippen LogP contribution in [0.4, 0.5) is 0 Å². The Kier molecular flexibility index (Phi) is 5.11. The molecule has 0 spiro atoms. The number of aliphatic hydroxyl groups is 1. The van der Waals surface area contributed by atoms with Gasteiger partial charge in [0.2, 0.25) is 10.0 Å². The number of rotatable bonds is 5. The van der Waals surface area contributed by atoms with Gasteiger partial charge in [0, 0.05) is 42.9 Å². The van der Waals surface area contributed by atoms with E-state index in [2.05, 4.69) is 12.0 Å². The summed E-state index contributed by atoms with van der Waals surface area (Å²) in [4.78, 5) is 0.237. The third kappa shape index (κ3) is 3.19. The Morgan fingerprint density at radius 1 is 1.50 bits per heavy atom. The first-order valence-corrected chi connectivity index (χ1v) is 9.22. The summed E-state index contributed by atoms with van der Waals surface area (Å²) in [6.07, 6.45) is 3.50. The van der Waals surface area contributed by atoms with Crippen LogP contribution in [0, 0.1) is 0 Å². The van der Waals surface area contributed by atoms with Crippen LogP contribution in [0.15, 0.2) is 17.3 Å². The summed E-state index contributed by atoms with van der Waals surface area (Å²) in [7, 11) is -3.47. The molecule has 114 valence electrons. The molecule has 1 aliphatic rings. The van der Waals surface area contributed by atoms with E-state index in [1.54, 1.807) is 26.9 Å². The summed E-state index contributed by atoms with van der Waals surface area (Å²) in [5.74, 6) is 0.823. The number of aryl methyl sites for hydroxylation is 1. The highest BCUT2D eigenvalue weighted by atomic mass is 32.2. The van der Waals surface area contributed by atoms with Crippen molar-refractivity contribution in [3.05, 3.63) is 12.4 Å². The Morgan fingerprint density at radius 3 is 2.95 bits per heavy atom. The van der Waals surface area contributed by atoms with Gasteiger partial charge < -0.3 is 5.11 Å². The molecule has 0 aromatic carbocycles. The van der Waals surface area contributed by atoms with E-state index in [-0.39, 0.29) is 17.5 Å². The maximum Gasteiger partial charge on any atom is 0.246 e. The lowest BCUT2D eigenvalue weighted by Crippen LogP contribution is -2.47. The number of sulfonamides is 1. The van der Waals surface area contributed by atoms with Crippen LogP contribution < -0.4 is 0 Å². The quantitative estimate of drug-likeness (QED) is 0.868. The predicted octanol–water partition coefficient (Wildman–Crippen LogP) is 0.780. The topological polar surface area (TPSA) is 75.4 Å². The lowest BCUT2D eigenvalue weighted by molar-refractivity contribution is 0.277. The number of nitrogens with zero attached hydrogens (tertiary/aromatic N) is 3. The van der Waals surface area contributed by atoms with Crippen LogP contribution in [0.2, 0.25) is 0 Å². The highest BCUT2D eigenvalue weighted by Crippen LogP contribution is 2.29. The van der Waals surface area contributed by atoms with Crippen LogP contribution in [0.1, 0.15) is 20.3 Å². The predicted molar refractivity (Wildman–Crippen MR) is 79.2 cm³/mol. The van der Waals surface area contributed by atoms with Gasteiger partial charge in [-0.1, -0.05) is 6.92 Å². The van der Waals surface area contributed by atoms with Crippen molar-refractivity contribution >= 4 is 21.8 Å². The second-order valence-electron chi connectivity index (χ2n) is 4.95. The summed E-state index contributed by atoms with van der Waals surface area (Å²) in [6.45, 7) is 5.14. The van der Waals surface area contributed by atoms with Gasteiger partial charge in [0.05, 0.1) is 6.20 Å². The molecule has 2 atom stereocenters. The third-order valence-electron chi connectivity index (χ3n) is 3.59. The molecule has 1 N–H and O–H groups in total. The Balaban J connectivity index is 2.19. The number of hydrogen-bond donors (Lipinski definition) is 1. The summed E-state index contributed by atoms with van der Waals surface area (Å²) < 4.78 is 28.4. The Labute approximate surface area is 124 Å². The first-order valence-electron chi connectivity index (χ1n) is 6.73. The molecule has 1 aliphatic heterocycles. The molecule has 1 saturated heterocycles. The van der Waals surface area contributed by atoms with Crippen molar-refractivity contribution in [2.24, 2.45) is 0 Å². The van der Waals surface area contributed by atoms with Crippen LogP contribution in [-0.4, -0.2) is 57.8 Å². The monoisotopic (exact) mass is 319 g/mol. The molecule has 20 heavy (non-hydrogen) atoms. The lowest BCUT2D eigenvalue weighted by atomic mass is 10.2. The van der Waals surface area contributed by atoms with Gasteiger partial charge in [-0.15, -0.1) is 0 Å². The number of thioether (sulfide) groups is 1. The highest BCUT2D eigenvalue weighted by Gasteiger charge is 2.35. The molecule has 1 aromatic heterocycles. The SMILES string of the molecule is CC1SCCN(S(=O)(=O)c2cnn(CCCO)c2)C1C. The molecule has 2 unspecified atom stereocenters. The van der Waals surface area contributed by atoms with E-state index >= 15 is 0 Å². The minimum atomic E-state index is -3.47. The summed E-state index contributed by atoms with van der Waals surface area (Å²) in [5.41, 5.74) is 0. The molecule has 0 saturated carbocycles. The van der Waals surface area contributed by atoms with Gasteiger partial charge in [0.1, 0.15) is 4.90 Å². The smallest absolute Gasteiger partial charge is 0.246 e. The van der Waals surface area contributed by atoms with Crippen LogP contribution in [0.25, 0.3) is 0 Å². The van der Waals surface area contributed by atoms with Crippen LogP contribution in [-0.2, 0) is 16.6 Å². The molecule has 0 bridgehead atoms. The minimum Gasteiger partial charge on any atom is -0.396 e. The van der Waals surface area contributed by atoms with Crippen molar-refractivity contribution in [1.82, 2.24) is 14.1 Å². The van der Waals surface area contributed by atoms with Gasteiger partial charge in [-0.2, -0.15) is 21.2 Å². The Hall–Kier alpha value is -0.570. The molecule has 1 fully saturated rings. The highest BCUT2D eigenvalue weighted by molar-refractivity contribution is 8.00. The molecular weight excluding hydrogens is 298 g/mol. The fraction of sp³-hybridized carbons (Fsp3) is 0.750. The van der Waals surface area contributed by atoms with Crippen LogP contribution in [0.5, 0.6) is 0 Å². The summed E-state index contributed by atoms with van der Waals surface area (Å²) >= 11 is 1.80. The first kappa shape index (κ1) is 15.8.